The molecule has 1 amide bonds. The summed E-state index contributed by atoms with van der Waals surface area (Å²) >= 11 is 0. The van der Waals surface area contributed by atoms with E-state index < -0.39 is 23.1 Å². The Kier molecular flexibility index (Phi) is 6.17. The molecule has 7 rings (SSSR count). The molecule has 5 aliphatic rings. The Morgan fingerprint density at radius 1 is 1.10 bits per heavy atom. The third kappa shape index (κ3) is 3.84. The molecule has 5 atom stereocenters. The van der Waals surface area contributed by atoms with Crippen molar-refractivity contribution in [3.05, 3.63) is 58.7 Å². The summed E-state index contributed by atoms with van der Waals surface area (Å²) in [7, 11) is 6.08. The Hall–Kier alpha value is -3.22. The van der Waals surface area contributed by atoms with Gasteiger partial charge in [-0.2, -0.15) is 13.2 Å². The first-order valence-electron chi connectivity index (χ1n) is 14.9. The Morgan fingerprint density at radius 3 is 2.50 bits per heavy atom. The molecule has 2 saturated carbocycles. The topological polar surface area (TPSA) is 56.2 Å². The van der Waals surface area contributed by atoms with Crippen molar-refractivity contribution in [1.82, 2.24) is 14.7 Å². The fraction of sp³-hybridized carbons (Fsp3) is 0.545. The molecule has 0 radical (unpaired) electrons. The smallest absolute Gasteiger partial charge is 0.416 e. The third-order valence-electron chi connectivity index (χ3n) is 10.9. The number of rotatable bonds is 4. The molecule has 2 aromatic carbocycles. The van der Waals surface area contributed by atoms with E-state index in [1.165, 1.54) is 30.5 Å². The summed E-state index contributed by atoms with van der Waals surface area (Å²) in [4.78, 5) is 20.2. The first-order valence-corrected chi connectivity index (χ1v) is 14.9. The molecule has 0 aromatic heterocycles. The van der Waals surface area contributed by atoms with Crippen LogP contribution >= 0.6 is 0 Å². The molecule has 2 aromatic rings. The molecule has 1 spiro atoms. The number of hydrogen-bond acceptors (Lipinski definition) is 5. The molecule has 222 valence electrons. The lowest BCUT2D eigenvalue weighted by atomic mass is 9.46. The predicted octanol–water partition coefficient (Wildman–Crippen LogP) is 4.42. The lowest BCUT2D eigenvalue weighted by Crippen LogP contribution is -2.82. The monoisotopic (exact) mass is 579 g/mol. The van der Waals surface area contributed by atoms with Crippen LogP contribution in [0.4, 0.5) is 13.2 Å². The number of phenolic OH excluding ortho intramolecular Hbond substituents is 1. The van der Waals surface area contributed by atoms with Crippen molar-refractivity contribution in [2.75, 3.05) is 34.2 Å². The molecule has 2 bridgehead atoms. The number of alkyl halides is 3. The molecular weight excluding hydrogens is 543 g/mol. The van der Waals surface area contributed by atoms with Gasteiger partial charge in [-0.3, -0.25) is 9.69 Å². The zero-order valence-corrected chi connectivity index (χ0v) is 24.2. The fourth-order valence-corrected chi connectivity index (χ4v) is 8.88. The first kappa shape index (κ1) is 27.6. The number of halogens is 3. The number of phenols is 1. The molecule has 6 nitrogen and oxygen atoms in total. The number of likely N-dealkylation sites (N-methyl/N-ethyl adjacent to an activating group) is 2. The molecule has 1 N–H and O–H groups in total. The van der Waals surface area contributed by atoms with Crippen LogP contribution < -0.4 is 4.74 Å². The van der Waals surface area contributed by atoms with Crippen LogP contribution in [0, 0.1) is 17.8 Å². The predicted molar refractivity (Wildman–Crippen MR) is 151 cm³/mol. The molecule has 2 heterocycles. The van der Waals surface area contributed by atoms with E-state index in [0.717, 1.165) is 56.0 Å². The van der Waals surface area contributed by atoms with Crippen LogP contribution in [-0.2, 0) is 22.8 Å². The molecular formula is C33H36F3N3O3. The highest BCUT2D eigenvalue weighted by molar-refractivity contribution is 5.94. The minimum absolute atomic E-state index is 0.138. The van der Waals surface area contributed by atoms with E-state index in [1.807, 2.05) is 0 Å². The van der Waals surface area contributed by atoms with E-state index in [2.05, 4.69) is 41.8 Å². The Balaban J connectivity index is 1.24. The van der Waals surface area contributed by atoms with Crippen molar-refractivity contribution in [3.8, 4) is 23.3 Å². The van der Waals surface area contributed by atoms with Crippen molar-refractivity contribution < 1.29 is 27.8 Å². The normalized spacial score (nSPS) is 31.2. The van der Waals surface area contributed by atoms with Crippen LogP contribution in [0.3, 0.4) is 0 Å². The minimum Gasteiger partial charge on any atom is -0.504 e. The quantitative estimate of drug-likeness (QED) is 0.544. The average molecular weight is 580 g/mol. The van der Waals surface area contributed by atoms with Gasteiger partial charge in [-0.05, 0) is 101 Å². The Morgan fingerprint density at radius 2 is 1.83 bits per heavy atom. The summed E-state index contributed by atoms with van der Waals surface area (Å²) in [6, 6.07) is 8.34. The van der Waals surface area contributed by atoms with E-state index in [0.29, 0.717) is 23.8 Å². The maximum Gasteiger partial charge on any atom is 0.416 e. The number of nitrogens with zero attached hydrogens (tertiary/aromatic N) is 3. The van der Waals surface area contributed by atoms with Crippen LogP contribution in [0.15, 0.2) is 36.4 Å². The van der Waals surface area contributed by atoms with Crippen molar-refractivity contribution in [3.63, 3.8) is 0 Å². The molecule has 2 aliphatic heterocycles. The first-order chi connectivity index (χ1) is 20.0. The highest BCUT2D eigenvalue weighted by Crippen LogP contribution is 2.67. The van der Waals surface area contributed by atoms with Gasteiger partial charge in [0.15, 0.2) is 11.5 Å². The van der Waals surface area contributed by atoms with E-state index in [-0.39, 0.29) is 23.4 Å². The second-order valence-corrected chi connectivity index (χ2v) is 13.0. The van der Waals surface area contributed by atoms with Crippen molar-refractivity contribution >= 4 is 5.91 Å². The van der Waals surface area contributed by atoms with Crippen LogP contribution in [-0.4, -0.2) is 83.7 Å². The number of ether oxygens (including phenoxy) is 1. The van der Waals surface area contributed by atoms with E-state index in [4.69, 9.17) is 4.74 Å². The van der Waals surface area contributed by atoms with Crippen LogP contribution in [0.5, 0.6) is 11.5 Å². The van der Waals surface area contributed by atoms with Crippen LogP contribution in [0.1, 0.15) is 54.4 Å². The van der Waals surface area contributed by atoms with Gasteiger partial charge in [0, 0.05) is 42.2 Å². The number of likely N-dealkylation sites (tertiary alicyclic amines) is 1. The zero-order chi connectivity index (χ0) is 29.6. The van der Waals surface area contributed by atoms with Gasteiger partial charge >= 0.3 is 6.18 Å². The molecule has 3 aliphatic carbocycles. The Labute approximate surface area is 244 Å². The zero-order valence-electron chi connectivity index (χ0n) is 24.2. The molecule has 42 heavy (non-hydrogen) atoms. The van der Waals surface area contributed by atoms with Gasteiger partial charge in [0.1, 0.15) is 6.10 Å². The van der Waals surface area contributed by atoms with Crippen LogP contribution in [0.25, 0.3) is 0 Å². The largest absolute Gasteiger partial charge is 0.504 e. The standard InChI is InChI=1S/C33H36F3N3O3/c1-37(2)32-15-14-24(38(3)27(41)13-8-20-6-10-23(11-7-20)33(34,35)36)30-31(32)16-17-39(19-21-4-5-21)26(32)18-22-9-12-25(40)29(42-30)28(22)31/h6-7,9-12,21,24,26,30,40H,4-5,14-19H2,1-3H3/t24-,26+,30-,31-,32+/m0/s1. The van der Waals surface area contributed by atoms with Crippen LogP contribution in [0.2, 0.25) is 0 Å². The molecule has 1 saturated heterocycles. The summed E-state index contributed by atoms with van der Waals surface area (Å²) < 4.78 is 45.6. The fourth-order valence-electron chi connectivity index (χ4n) is 8.88. The highest BCUT2D eigenvalue weighted by atomic mass is 19.4. The number of aromatic hydroxyl groups is 1. The Bertz CT molecular complexity index is 1490. The van der Waals surface area contributed by atoms with Gasteiger partial charge in [-0.1, -0.05) is 12.0 Å². The SMILES string of the molecule is CN(C(=O)C#Cc1ccc(C(F)(F)F)cc1)[C@H]1CC[C@@]2(N(C)C)[C@H]3Cc4ccc(O)c5c4[C@@]2(CCN3CC2CC2)[C@H]1O5. The number of carbonyl (C=O) groups is 1. The summed E-state index contributed by atoms with van der Waals surface area (Å²) in [6.45, 7) is 2.06. The number of benzene rings is 2. The van der Waals surface area contributed by atoms with E-state index in [1.54, 1.807) is 18.0 Å². The van der Waals surface area contributed by atoms with Gasteiger partial charge < -0.3 is 19.6 Å². The van der Waals surface area contributed by atoms with Gasteiger partial charge in [-0.15, -0.1) is 0 Å². The number of amides is 1. The lowest BCUT2D eigenvalue weighted by molar-refractivity contribution is -0.160. The number of piperidine rings is 1. The molecule has 9 heteroatoms. The van der Waals surface area contributed by atoms with Crippen molar-refractivity contribution in [1.29, 1.82) is 0 Å². The molecule has 0 unspecified atom stereocenters. The number of hydrogen-bond donors (Lipinski definition) is 1. The summed E-state index contributed by atoms with van der Waals surface area (Å²) in [5, 5.41) is 11.0. The minimum atomic E-state index is -4.43. The third-order valence-corrected chi connectivity index (χ3v) is 10.9. The maximum atomic E-state index is 13.4. The lowest BCUT2D eigenvalue weighted by Gasteiger charge is -2.69. The molecule has 3 fully saturated rings. The van der Waals surface area contributed by atoms with Gasteiger partial charge in [0.25, 0.3) is 5.91 Å². The van der Waals surface area contributed by atoms with Crippen molar-refractivity contribution in [2.24, 2.45) is 5.92 Å². The second kappa shape index (κ2) is 9.39. The van der Waals surface area contributed by atoms with Gasteiger partial charge in [0.05, 0.1) is 17.0 Å². The van der Waals surface area contributed by atoms with Gasteiger partial charge in [0.2, 0.25) is 0 Å². The number of carbonyl (C=O) groups excluding carboxylic acids is 1. The highest BCUT2D eigenvalue weighted by Gasteiger charge is 2.74. The summed E-state index contributed by atoms with van der Waals surface area (Å²) in [5.41, 5.74) is 1.31. The second-order valence-electron chi connectivity index (χ2n) is 13.0. The summed E-state index contributed by atoms with van der Waals surface area (Å²) in [5.74, 6) is 6.47. The summed E-state index contributed by atoms with van der Waals surface area (Å²) in [6.07, 6.45) is 1.17. The average Bonchev–Trinajstić information content (AvgIpc) is 3.71. The van der Waals surface area contributed by atoms with E-state index >= 15 is 0 Å². The van der Waals surface area contributed by atoms with Gasteiger partial charge in [-0.25, -0.2) is 0 Å². The van der Waals surface area contributed by atoms with E-state index in [9.17, 15) is 23.1 Å². The van der Waals surface area contributed by atoms with Crippen molar-refractivity contribution in [2.45, 2.75) is 73.8 Å². The maximum absolute atomic E-state index is 13.4.